The van der Waals surface area contributed by atoms with Gasteiger partial charge in [-0.25, -0.2) is 9.07 Å². The van der Waals surface area contributed by atoms with Crippen LogP contribution in [0.25, 0.3) is 16.7 Å². The molecule has 0 fully saturated rings. The number of thioether (sulfide) groups is 1. The lowest BCUT2D eigenvalue weighted by Crippen LogP contribution is -2.15. The number of para-hydroxylation sites is 1. The molecule has 0 spiro atoms. The van der Waals surface area contributed by atoms with E-state index in [4.69, 9.17) is 4.42 Å². The van der Waals surface area contributed by atoms with Crippen LogP contribution < -0.4 is 5.32 Å². The first-order valence-electron chi connectivity index (χ1n) is 8.43. The molecule has 4 aromatic rings. The largest absolute Gasteiger partial charge is 0.451 e. The molecule has 0 atom stereocenters. The van der Waals surface area contributed by atoms with E-state index in [0.717, 1.165) is 28.1 Å². The Morgan fingerprint density at radius 2 is 1.96 bits per heavy atom. The molecule has 0 saturated heterocycles. The van der Waals surface area contributed by atoms with Crippen molar-refractivity contribution in [1.29, 1.82) is 0 Å². The Kier molecular flexibility index (Phi) is 3.75. The monoisotopic (exact) mass is 379 g/mol. The van der Waals surface area contributed by atoms with E-state index in [2.05, 4.69) is 10.4 Å². The van der Waals surface area contributed by atoms with Crippen molar-refractivity contribution in [2.75, 3.05) is 5.32 Å². The van der Waals surface area contributed by atoms with Gasteiger partial charge in [0.1, 0.15) is 17.2 Å². The number of halogens is 1. The number of nitrogens with zero attached hydrogens (tertiary/aromatic N) is 2. The highest BCUT2D eigenvalue weighted by atomic mass is 32.2. The summed E-state index contributed by atoms with van der Waals surface area (Å²) in [5, 5.41) is 8.42. The Morgan fingerprint density at radius 1 is 1.15 bits per heavy atom. The van der Waals surface area contributed by atoms with Crippen molar-refractivity contribution in [3.05, 3.63) is 77.4 Å². The van der Waals surface area contributed by atoms with Crippen LogP contribution in [0.3, 0.4) is 0 Å². The van der Waals surface area contributed by atoms with Gasteiger partial charge in [0.05, 0.1) is 11.4 Å². The number of fused-ring (bicyclic) bond motifs is 2. The zero-order valence-electron chi connectivity index (χ0n) is 14.1. The van der Waals surface area contributed by atoms with Crippen molar-refractivity contribution >= 4 is 34.5 Å². The van der Waals surface area contributed by atoms with Gasteiger partial charge in [-0.2, -0.15) is 16.9 Å². The van der Waals surface area contributed by atoms with Crippen LogP contribution in [0.5, 0.6) is 0 Å². The summed E-state index contributed by atoms with van der Waals surface area (Å²) in [6.45, 7) is 0. The Morgan fingerprint density at radius 3 is 2.78 bits per heavy atom. The SMILES string of the molecule is O=C(Nc1c2c(nn1-c1ccc(F)cc1)CSC2)c1cc2ccccc2o1. The Labute approximate surface area is 158 Å². The Bertz CT molecular complexity index is 1130. The van der Waals surface area contributed by atoms with Crippen LogP contribution in [-0.2, 0) is 11.5 Å². The molecule has 5 rings (SSSR count). The maximum absolute atomic E-state index is 13.3. The van der Waals surface area contributed by atoms with Crippen molar-refractivity contribution in [2.45, 2.75) is 11.5 Å². The van der Waals surface area contributed by atoms with Gasteiger partial charge in [0.2, 0.25) is 0 Å². The Balaban J connectivity index is 1.54. The van der Waals surface area contributed by atoms with Crippen LogP contribution >= 0.6 is 11.8 Å². The summed E-state index contributed by atoms with van der Waals surface area (Å²) in [6, 6.07) is 15.2. The number of furan rings is 1. The molecule has 2 aromatic heterocycles. The number of hydrogen-bond donors (Lipinski definition) is 1. The first-order chi connectivity index (χ1) is 13.2. The van der Waals surface area contributed by atoms with Gasteiger partial charge in [-0.1, -0.05) is 18.2 Å². The molecule has 1 amide bonds. The molecule has 0 saturated carbocycles. The van der Waals surface area contributed by atoms with E-state index in [-0.39, 0.29) is 17.5 Å². The van der Waals surface area contributed by atoms with Gasteiger partial charge in [-0.3, -0.25) is 4.79 Å². The zero-order chi connectivity index (χ0) is 18.4. The van der Waals surface area contributed by atoms with Crippen LogP contribution in [0.15, 0.2) is 59.0 Å². The third-order valence-electron chi connectivity index (χ3n) is 4.50. The highest BCUT2D eigenvalue weighted by molar-refractivity contribution is 7.98. The van der Waals surface area contributed by atoms with Gasteiger partial charge in [-0.05, 0) is 36.4 Å². The second-order valence-electron chi connectivity index (χ2n) is 6.26. The summed E-state index contributed by atoms with van der Waals surface area (Å²) < 4.78 is 20.6. The topological polar surface area (TPSA) is 60.1 Å². The average Bonchev–Trinajstić information content (AvgIpc) is 3.37. The maximum Gasteiger partial charge on any atom is 0.292 e. The minimum Gasteiger partial charge on any atom is -0.451 e. The number of nitrogens with one attached hydrogen (secondary N) is 1. The number of hydrogen-bond acceptors (Lipinski definition) is 4. The van der Waals surface area contributed by atoms with Crippen LogP contribution in [0.2, 0.25) is 0 Å². The lowest BCUT2D eigenvalue weighted by molar-refractivity contribution is 0.0998. The highest BCUT2D eigenvalue weighted by Crippen LogP contribution is 2.36. The summed E-state index contributed by atoms with van der Waals surface area (Å²) in [5.41, 5.74) is 3.28. The zero-order valence-corrected chi connectivity index (χ0v) is 14.9. The molecular weight excluding hydrogens is 365 g/mol. The van der Waals surface area contributed by atoms with Crippen molar-refractivity contribution in [2.24, 2.45) is 0 Å². The second kappa shape index (κ2) is 6.28. The van der Waals surface area contributed by atoms with E-state index < -0.39 is 0 Å². The van der Waals surface area contributed by atoms with Crippen LogP contribution in [0.1, 0.15) is 21.8 Å². The lowest BCUT2D eigenvalue weighted by Gasteiger charge is -2.10. The number of anilines is 1. The summed E-state index contributed by atoms with van der Waals surface area (Å²) in [7, 11) is 0. The molecule has 0 radical (unpaired) electrons. The maximum atomic E-state index is 13.3. The number of rotatable bonds is 3. The van der Waals surface area contributed by atoms with Crippen LogP contribution in [0.4, 0.5) is 10.2 Å². The van der Waals surface area contributed by atoms with Crippen molar-refractivity contribution in [3.8, 4) is 5.69 Å². The molecule has 0 aliphatic carbocycles. The van der Waals surface area contributed by atoms with Gasteiger partial charge in [0, 0.05) is 22.5 Å². The summed E-state index contributed by atoms with van der Waals surface area (Å²) in [4.78, 5) is 12.8. The van der Waals surface area contributed by atoms with Gasteiger partial charge in [0.15, 0.2) is 5.76 Å². The van der Waals surface area contributed by atoms with Crippen molar-refractivity contribution in [3.63, 3.8) is 0 Å². The molecule has 0 bridgehead atoms. The van der Waals surface area contributed by atoms with Gasteiger partial charge in [-0.15, -0.1) is 0 Å². The molecule has 3 heterocycles. The van der Waals surface area contributed by atoms with Crippen LogP contribution in [0, 0.1) is 5.82 Å². The molecule has 0 unspecified atom stereocenters. The molecule has 1 aliphatic heterocycles. The number of benzene rings is 2. The van der Waals surface area contributed by atoms with E-state index in [9.17, 15) is 9.18 Å². The predicted octanol–water partition coefficient (Wildman–Crippen LogP) is 4.76. The molecule has 134 valence electrons. The number of carbonyl (C=O) groups is 1. The molecule has 2 aromatic carbocycles. The third kappa shape index (κ3) is 2.80. The van der Waals surface area contributed by atoms with Crippen molar-refractivity contribution in [1.82, 2.24) is 9.78 Å². The molecule has 1 aliphatic rings. The van der Waals surface area contributed by atoms with E-state index in [1.165, 1.54) is 12.1 Å². The standard InChI is InChI=1S/C20H14FN3O2S/c21-13-5-7-14(8-6-13)24-19(15-10-27-11-16(15)23-24)22-20(25)18-9-12-3-1-2-4-17(12)26-18/h1-9H,10-11H2,(H,22,25). The highest BCUT2D eigenvalue weighted by Gasteiger charge is 2.26. The molecule has 5 nitrogen and oxygen atoms in total. The fraction of sp³-hybridized carbons (Fsp3) is 0.100. The molecular formula is C20H14FN3O2S. The summed E-state index contributed by atoms with van der Waals surface area (Å²) in [6.07, 6.45) is 0. The van der Waals surface area contributed by atoms with Gasteiger partial charge >= 0.3 is 0 Å². The van der Waals surface area contributed by atoms with E-state index in [1.54, 1.807) is 34.6 Å². The minimum absolute atomic E-state index is 0.238. The second-order valence-corrected chi connectivity index (χ2v) is 7.24. The fourth-order valence-electron chi connectivity index (χ4n) is 3.17. The van der Waals surface area contributed by atoms with Crippen molar-refractivity contribution < 1.29 is 13.6 Å². The molecule has 7 heteroatoms. The summed E-state index contributed by atoms with van der Waals surface area (Å²) >= 11 is 1.75. The third-order valence-corrected chi connectivity index (χ3v) is 5.47. The predicted molar refractivity (Wildman–Crippen MR) is 103 cm³/mol. The normalized spacial score (nSPS) is 13.1. The quantitative estimate of drug-likeness (QED) is 0.558. The molecule has 1 N–H and O–H groups in total. The smallest absolute Gasteiger partial charge is 0.292 e. The number of carbonyl (C=O) groups excluding carboxylic acids is 1. The van der Waals surface area contributed by atoms with Gasteiger partial charge < -0.3 is 9.73 Å². The van der Waals surface area contributed by atoms with Crippen LogP contribution in [-0.4, -0.2) is 15.7 Å². The average molecular weight is 379 g/mol. The van der Waals surface area contributed by atoms with E-state index in [1.807, 2.05) is 24.3 Å². The Hall–Kier alpha value is -3.06. The minimum atomic E-state index is -0.339. The fourth-order valence-corrected chi connectivity index (χ4v) is 4.21. The van der Waals surface area contributed by atoms with Gasteiger partial charge in [0.25, 0.3) is 5.91 Å². The number of amides is 1. The van der Waals surface area contributed by atoms with E-state index >= 15 is 0 Å². The first-order valence-corrected chi connectivity index (χ1v) is 9.59. The molecule has 27 heavy (non-hydrogen) atoms. The summed E-state index contributed by atoms with van der Waals surface area (Å²) in [5.74, 6) is 1.74. The lowest BCUT2D eigenvalue weighted by atomic mass is 10.2. The number of aromatic nitrogens is 2. The first kappa shape index (κ1) is 16.1. The van der Waals surface area contributed by atoms with E-state index in [0.29, 0.717) is 17.1 Å².